The highest BCUT2D eigenvalue weighted by Gasteiger charge is 2.29. The van der Waals surface area contributed by atoms with Gasteiger partial charge in [-0.3, -0.25) is 0 Å². The Kier molecular flexibility index (Phi) is 5.84. The number of hydrogen-bond donors (Lipinski definition) is 0. The molecule has 144 valence electrons. The van der Waals surface area contributed by atoms with E-state index in [1.807, 2.05) is 0 Å². The molecule has 0 aliphatic heterocycles. The van der Waals surface area contributed by atoms with E-state index in [-0.39, 0.29) is 5.41 Å². The Hall–Kier alpha value is -2.28. The number of aryl methyl sites for hydroxylation is 1. The minimum atomic E-state index is -0.0419. The second-order valence-electron chi connectivity index (χ2n) is 8.97. The number of benzene rings is 3. The highest BCUT2D eigenvalue weighted by molar-refractivity contribution is 6.34. The van der Waals surface area contributed by atoms with Crippen LogP contribution in [0.1, 0.15) is 79.8 Å². The third-order valence-corrected chi connectivity index (χ3v) is 6.43. The van der Waals surface area contributed by atoms with Crippen LogP contribution in [0.25, 0.3) is 0 Å². The molecule has 0 aliphatic rings. The van der Waals surface area contributed by atoms with Crippen LogP contribution in [-0.4, -0.2) is 7.85 Å². The first kappa shape index (κ1) is 20.5. The molecule has 0 heterocycles. The molecule has 0 radical (unpaired) electrons. The average Bonchev–Trinajstić information content (AvgIpc) is 2.67. The van der Waals surface area contributed by atoms with Gasteiger partial charge in [0.1, 0.15) is 7.85 Å². The molecule has 3 aromatic carbocycles. The van der Waals surface area contributed by atoms with Gasteiger partial charge in [-0.15, -0.1) is 0 Å². The van der Waals surface area contributed by atoms with Crippen molar-refractivity contribution in [2.24, 2.45) is 0 Å². The van der Waals surface area contributed by atoms with Crippen LogP contribution in [0, 0.1) is 6.92 Å². The molecule has 0 bridgehead atoms. The quantitative estimate of drug-likeness (QED) is 0.495. The Morgan fingerprint density at radius 1 is 0.679 bits per heavy atom. The third kappa shape index (κ3) is 3.68. The lowest BCUT2D eigenvalue weighted by molar-refractivity contribution is 0.622. The minimum Gasteiger partial charge on any atom is -0.0818 e. The first-order valence-corrected chi connectivity index (χ1v) is 10.5. The van der Waals surface area contributed by atoms with Gasteiger partial charge in [0.15, 0.2) is 0 Å². The molecule has 0 aliphatic carbocycles. The van der Waals surface area contributed by atoms with Crippen LogP contribution in [0.15, 0.2) is 66.7 Å². The maximum atomic E-state index is 2.36. The molecular formula is C27H33B. The average molecular weight is 368 g/mol. The van der Waals surface area contributed by atoms with E-state index in [1.54, 1.807) is 0 Å². The fraction of sp³-hybridized carbons (Fsp3) is 0.333. The van der Waals surface area contributed by atoms with Gasteiger partial charge in [-0.2, -0.15) is 0 Å². The van der Waals surface area contributed by atoms with E-state index >= 15 is 0 Å². The molecule has 28 heavy (non-hydrogen) atoms. The summed E-state index contributed by atoms with van der Waals surface area (Å²) < 4.78 is 0. The van der Waals surface area contributed by atoms with Gasteiger partial charge in [0, 0.05) is 11.3 Å². The molecule has 0 N–H and O–H groups in total. The van der Waals surface area contributed by atoms with Gasteiger partial charge in [-0.25, -0.2) is 0 Å². The van der Waals surface area contributed by atoms with Crippen molar-refractivity contribution in [3.63, 3.8) is 0 Å². The molecule has 3 rings (SSSR count). The van der Waals surface area contributed by atoms with Gasteiger partial charge in [0.05, 0.1) is 0 Å². The fourth-order valence-corrected chi connectivity index (χ4v) is 4.80. The van der Waals surface area contributed by atoms with Crippen LogP contribution in [0.3, 0.4) is 0 Å². The zero-order chi connectivity index (χ0) is 20.5. The van der Waals surface area contributed by atoms with E-state index in [0.717, 1.165) is 0 Å². The number of rotatable bonds is 5. The SMILES string of the molecule is Bc1c(C(C)C)cccc1C(C)c1ccccc1C(C)(C)c1ccccc1C. The summed E-state index contributed by atoms with van der Waals surface area (Å²) >= 11 is 0. The largest absolute Gasteiger partial charge is 0.140 e. The summed E-state index contributed by atoms with van der Waals surface area (Å²) in [5.41, 5.74) is 9.91. The lowest BCUT2D eigenvalue weighted by Crippen LogP contribution is -2.25. The molecule has 1 unspecified atom stereocenters. The summed E-state index contributed by atoms with van der Waals surface area (Å²) in [7, 11) is 2.29. The topological polar surface area (TPSA) is 0 Å². The van der Waals surface area contributed by atoms with Gasteiger partial charge < -0.3 is 0 Å². The highest BCUT2D eigenvalue weighted by atomic mass is 14.3. The Morgan fingerprint density at radius 2 is 1.21 bits per heavy atom. The van der Waals surface area contributed by atoms with Crippen LogP contribution < -0.4 is 5.46 Å². The lowest BCUT2D eigenvalue weighted by atomic mass is 9.70. The van der Waals surface area contributed by atoms with Gasteiger partial charge in [-0.1, -0.05) is 112 Å². The Bertz CT molecular complexity index is 966. The van der Waals surface area contributed by atoms with Crippen LogP contribution in [0.5, 0.6) is 0 Å². The summed E-state index contributed by atoms with van der Waals surface area (Å²) in [6, 6.07) is 24.6. The summed E-state index contributed by atoms with van der Waals surface area (Å²) in [5.74, 6) is 0.906. The lowest BCUT2D eigenvalue weighted by Gasteiger charge is -2.32. The number of hydrogen-bond acceptors (Lipinski definition) is 0. The summed E-state index contributed by atoms with van der Waals surface area (Å²) in [6.07, 6.45) is 0. The maximum Gasteiger partial charge on any atom is 0.140 e. The fourth-order valence-electron chi connectivity index (χ4n) is 4.80. The Balaban J connectivity index is 2.14. The van der Waals surface area contributed by atoms with E-state index in [2.05, 4.69) is 116 Å². The molecule has 0 amide bonds. The Labute approximate surface area is 172 Å². The molecule has 0 saturated heterocycles. The molecule has 1 atom stereocenters. The Morgan fingerprint density at radius 3 is 1.86 bits per heavy atom. The second kappa shape index (κ2) is 7.99. The molecule has 0 spiro atoms. The van der Waals surface area contributed by atoms with E-state index in [1.165, 1.54) is 38.8 Å². The predicted octanol–water partition coefficient (Wildman–Crippen LogP) is 5.85. The highest BCUT2D eigenvalue weighted by Crippen LogP contribution is 2.39. The van der Waals surface area contributed by atoms with Gasteiger partial charge in [0.2, 0.25) is 0 Å². The minimum absolute atomic E-state index is 0.0419. The van der Waals surface area contributed by atoms with Crippen molar-refractivity contribution in [1.29, 1.82) is 0 Å². The predicted molar refractivity (Wildman–Crippen MR) is 126 cm³/mol. The van der Waals surface area contributed by atoms with Crippen molar-refractivity contribution in [2.75, 3.05) is 0 Å². The van der Waals surface area contributed by atoms with Crippen molar-refractivity contribution >= 4 is 13.3 Å². The van der Waals surface area contributed by atoms with Crippen molar-refractivity contribution in [1.82, 2.24) is 0 Å². The molecule has 0 fully saturated rings. The van der Waals surface area contributed by atoms with Gasteiger partial charge in [0.25, 0.3) is 0 Å². The van der Waals surface area contributed by atoms with Crippen molar-refractivity contribution in [3.8, 4) is 0 Å². The first-order valence-electron chi connectivity index (χ1n) is 10.5. The smallest absolute Gasteiger partial charge is 0.0818 e. The summed E-state index contributed by atoms with van der Waals surface area (Å²) in [6.45, 7) is 13.9. The monoisotopic (exact) mass is 368 g/mol. The van der Waals surface area contributed by atoms with Crippen LogP contribution in [0.2, 0.25) is 0 Å². The maximum absolute atomic E-state index is 2.36. The van der Waals surface area contributed by atoms with Crippen molar-refractivity contribution in [3.05, 3.63) is 100 Å². The third-order valence-electron chi connectivity index (χ3n) is 6.43. The van der Waals surface area contributed by atoms with Gasteiger partial charge >= 0.3 is 0 Å². The second-order valence-corrected chi connectivity index (χ2v) is 8.97. The molecule has 0 saturated carbocycles. The summed E-state index contributed by atoms with van der Waals surface area (Å²) in [5, 5.41) is 0. The first-order chi connectivity index (χ1) is 13.2. The summed E-state index contributed by atoms with van der Waals surface area (Å²) in [4.78, 5) is 0. The van der Waals surface area contributed by atoms with Gasteiger partial charge in [-0.05, 0) is 40.7 Å². The normalized spacial score (nSPS) is 13.0. The van der Waals surface area contributed by atoms with E-state index < -0.39 is 0 Å². The van der Waals surface area contributed by atoms with E-state index in [4.69, 9.17) is 0 Å². The molecule has 1 heteroatoms. The molecule has 0 nitrogen and oxygen atoms in total. The van der Waals surface area contributed by atoms with Crippen molar-refractivity contribution in [2.45, 2.75) is 58.8 Å². The zero-order valence-corrected chi connectivity index (χ0v) is 18.5. The van der Waals surface area contributed by atoms with Crippen LogP contribution in [-0.2, 0) is 5.41 Å². The van der Waals surface area contributed by atoms with Crippen LogP contribution in [0.4, 0.5) is 0 Å². The standard InChI is InChI=1S/C27H33B/c1-18(2)21-14-11-15-23(26(21)28)20(4)22-13-8-10-17-25(22)27(5,6)24-16-9-7-12-19(24)3/h7-18,20H,28H2,1-6H3. The molecule has 0 aromatic heterocycles. The van der Waals surface area contributed by atoms with E-state index in [9.17, 15) is 0 Å². The van der Waals surface area contributed by atoms with Crippen LogP contribution >= 0.6 is 0 Å². The molecular weight excluding hydrogens is 335 g/mol. The zero-order valence-electron chi connectivity index (χ0n) is 18.5. The van der Waals surface area contributed by atoms with Crippen molar-refractivity contribution < 1.29 is 0 Å². The molecule has 3 aromatic rings. The van der Waals surface area contributed by atoms with E-state index in [0.29, 0.717) is 11.8 Å².